The predicted molar refractivity (Wildman–Crippen MR) is 95.1 cm³/mol. The summed E-state index contributed by atoms with van der Waals surface area (Å²) < 4.78 is 13.2. The fraction of sp³-hybridized carbons (Fsp3) is 0.158. The van der Waals surface area contributed by atoms with Crippen molar-refractivity contribution >= 4 is 41.3 Å². The van der Waals surface area contributed by atoms with Crippen LogP contribution in [-0.4, -0.2) is 17.0 Å². The van der Waals surface area contributed by atoms with Gasteiger partial charge in [-0.15, -0.1) is 0 Å². The Bertz CT molecular complexity index is 875. The summed E-state index contributed by atoms with van der Waals surface area (Å²) in [6, 6.07) is 9.07. The second-order valence-electron chi connectivity index (χ2n) is 5.88. The number of benzene rings is 2. The molecule has 1 aliphatic rings. The van der Waals surface area contributed by atoms with Gasteiger partial charge >= 0.3 is 5.97 Å². The van der Waals surface area contributed by atoms with Gasteiger partial charge in [0.15, 0.2) is 0 Å². The van der Waals surface area contributed by atoms with Gasteiger partial charge in [-0.3, -0.25) is 4.79 Å². The molecule has 0 unspecified atom stereocenters. The van der Waals surface area contributed by atoms with E-state index in [1.165, 1.54) is 18.2 Å². The smallest absolute Gasteiger partial charge is 0.337 e. The van der Waals surface area contributed by atoms with Crippen LogP contribution in [0.5, 0.6) is 0 Å². The van der Waals surface area contributed by atoms with E-state index in [-0.39, 0.29) is 28.1 Å². The average Bonchev–Trinajstić information content (AvgIpc) is 3.41. The molecule has 0 heterocycles. The lowest BCUT2D eigenvalue weighted by atomic mass is 10.1. The first kappa shape index (κ1) is 17.2. The molecule has 0 spiro atoms. The van der Waals surface area contributed by atoms with Crippen LogP contribution in [0.2, 0.25) is 5.02 Å². The zero-order valence-electron chi connectivity index (χ0n) is 13.1. The molecule has 0 radical (unpaired) electrons. The molecule has 0 saturated heterocycles. The molecule has 2 aromatic rings. The lowest BCUT2D eigenvalue weighted by molar-refractivity contribution is -0.117. The Kier molecular flexibility index (Phi) is 4.86. The summed E-state index contributed by atoms with van der Waals surface area (Å²) in [4.78, 5) is 23.3. The molecule has 1 aliphatic carbocycles. The molecule has 25 heavy (non-hydrogen) atoms. The molecule has 4 nitrogen and oxygen atoms in total. The van der Waals surface area contributed by atoms with Crippen LogP contribution in [0.25, 0.3) is 12.2 Å². The van der Waals surface area contributed by atoms with Crippen molar-refractivity contribution in [1.29, 1.82) is 0 Å². The molecule has 6 heteroatoms. The molecule has 2 N–H and O–H groups in total. The molecule has 3 rings (SSSR count). The SMILES string of the molecule is O=C(O)c1cc(/C=C/c2ccc(F)c(Cl)c2)ccc1NC(=O)C1CC1. The number of halogens is 2. The van der Waals surface area contributed by atoms with E-state index in [1.54, 1.807) is 30.4 Å². The van der Waals surface area contributed by atoms with Gasteiger partial charge in [-0.2, -0.15) is 0 Å². The van der Waals surface area contributed by atoms with Crippen molar-refractivity contribution in [1.82, 2.24) is 0 Å². The first-order valence-electron chi connectivity index (χ1n) is 7.75. The number of carboxylic acid groups (broad SMARTS) is 1. The average molecular weight is 360 g/mol. The van der Waals surface area contributed by atoms with Gasteiger partial charge < -0.3 is 10.4 Å². The normalized spacial score (nSPS) is 13.8. The highest BCUT2D eigenvalue weighted by Gasteiger charge is 2.30. The number of carboxylic acids is 1. The van der Waals surface area contributed by atoms with Crippen molar-refractivity contribution in [2.45, 2.75) is 12.8 Å². The van der Waals surface area contributed by atoms with Crippen LogP contribution in [-0.2, 0) is 4.79 Å². The quantitative estimate of drug-likeness (QED) is 0.761. The second kappa shape index (κ2) is 7.07. The van der Waals surface area contributed by atoms with Gasteiger partial charge in [0.05, 0.1) is 16.3 Å². The van der Waals surface area contributed by atoms with Crippen molar-refractivity contribution in [3.8, 4) is 0 Å². The minimum absolute atomic E-state index is 0.00978. The molecule has 0 atom stereocenters. The van der Waals surface area contributed by atoms with Gasteiger partial charge in [0.2, 0.25) is 5.91 Å². The summed E-state index contributed by atoms with van der Waals surface area (Å²) in [6.07, 6.45) is 5.09. The lowest BCUT2D eigenvalue weighted by Crippen LogP contribution is -2.16. The Morgan fingerprint density at radius 1 is 1.12 bits per heavy atom. The summed E-state index contributed by atoms with van der Waals surface area (Å²) in [5.74, 6) is -1.77. The van der Waals surface area contributed by atoms with E-state index >= 15 is 0 Å². The monoisotopic (exact) mass is 359 g/mol. The first-order valence-corrected chi connectivity index (χ1v) is 8.13. The zero-order valence-corrected chi connectivity index (χ0v) is 13.9. The fourth-order valence-electron chi connectivity index (χ4n) is 2.34. The summed E-state index contributed by atoms with van der Waals surface area (Å²) in [5.41, 5.74) is 1.64. The molecule has 1 saturated carbocycles. The Labute approximate surface area is 148 Å². The van der Waals surface area contributed by atoms with Gasteiger partial charge in [-0.05, 0) is 48.2 Å². The highest BCUT2D eigenvalue weighted by molar-refractivity contribution is 6.30. The van der Waals surface area contributed by atoms with Crippen LogP contribution < -0.4 is 5.32 Å². The van der Waals surface area contributed by atoms with E-state index in [9.17, 15) is 19.1 Å². The summed E-state index contributed by atoms with van der Waals surface area (Å²) in [7, 11) is 0. The zero-order chi connectivity index (χ0) is 18.0. The number of carbonyl (C=O) groups excluding carboxylic acids is 1. The van der Waals surface area contributed by atoms with Crippen molar-refractivity contribution in [2.75, 3.05) is 5.32 Å². The van der Waals surface area contributed by atoms with E-state index in [2.05, 4.69) is 5.32 Å². The number of rotatable bonds is 5. The van der Waals surface area contributed by atoms with E-state index < -0.39 is 11.8 Å². The van der Waals surface area contributed by atoms with Gasteiger partial charge in [-0.25, -0.2) is 9.18 Å². The molecule has 0 aliphatic heterocycles. The van der Waals surface area contributed by atoms with Gasteiger partial charge in [0, 0.05) is 5.92 Å². The largest absolute Gasteiger partial charge is 0.478 e. The molecule has 1 fully saturated rings. The minimum atomic E-state index is -1.12. The summed E-state index contributed by atoms with van der Waals surface area (Å²) in [5, 5.41) is 12.1. The maximum atomic E-state index is 13.2. The second-order valence-corrected chi connectivity index (χ2v) is 6.29. The van der Waals surface area contributed by atoms with Crippen LogP contribution in [0, 0.1) is 11.7 Å². The summed E-state index contributed by atoms with van der Waals surface area (Å²) in [6.45, 7) is 0. The highest BCUT2D eigenvalue weighted by atomic mass is 35.5. The lowest BCUT2D eigenvalue weighted by Gasteiger charge is -2.09. The number of nitrogens with one attached hydrogen (secondary N) is 1. The standard InChI is InChI=1S/C19H15ClFNO3/c20-15-10-12(3-7-16(15)21)2-1-11-4-8-17(14(9-11)19(24)25)22-18(23)13-5-6-13/h1-4,7-10,13H,5-6H2,(H,22,23)(H,24,25)/b2-1+. The number of aromatic carboxylic acids is 1. The fourth-order valence-corrected chi connectivity index (χ4v) is 2.53. The number of hydrogen-bond donors (Lipinski definition) is 2. The predicted octanol–water partition coefficient (Wildman–Crippen LogP) is 4.70. The molecular weight excluding hydrogens is 345 g/mol. The number of anilines is 1. The molecule has 1 amide bonds. The topological polar surface area (TPSA) is 66.4 Å². The Morgan fingerprint density at radius 3 is 2.36 bits per heavy atom. The van der Waals surface area contributed by atoms with E-state index in [0.717, 1.165) is 12.8 Å². The van der Waals surface area contributed by atoms with Crippen molar-refractivity contribution < 1.29 is 19.1 Å². The molecule has 128 valence electrons. The third-order valence-corrected chi connectivity index (χ3v) is 4.18. The third-order valence-electron chi connectivity index (χ3n) is 3.89. The van der Waals surface area contributed by atoms with Crippen LogP contribution in [0.1, 0.15) is 34.3 Å². The van der Waals surface area contributed by atoms with Crippen molar-refractivity contribution in [3.05, 3.63) is 63.9 Å². The number of carbonyl (C=O) groups is 2. The number of amides is 1. The molecular formula is C19H15ClFNO3. The minimum Gasteiger partial charge on any atom is -0.478 e. The Hall–Kier alpha value is -2.66. The van der Waals surface area contributed by atoms with Crippen molar-refractivity contribution in [3.63, 3.8) is 0 Å². The van der Waals surface area contributed by atoms with Gasteiger partial charge in [0.25, 0.3) is 0 Å². The molecule has 0 aromatic heterocycles. The Morgan fingerprint density at radius 2 is 1.76 bits per heavy atom. The van der Waals surface area contributed by atoms with Crippen molar-refractivity contribution in [2.24, 2.45) is 5.92 Å². The molecule has 2 aromatic carbocycles. The van der Waals surface area contributed by atoms with Gasteiger partial charge in [0.1, 0.15) is 5.82 Å². The Balaban J connectivity index is 1.82. The van der Waals surface area contributed by atoms with E-state index in [1.807, 2.05) is 0 Å². The van der Waals surface area contributed by atoms with Crippen LogP contribution in [0.4, 0.5) is 10.1 Å². The number of hydrogen-bond acceptors (Lipinski definition) is 2. The van der Waals surface area contributed by atoms with E-state index in [4.69, 9.17) is 11.6 Å². The summed E-state index contributed by atoms with van der Waals surface area (Å²) >= 11 is 5.74. The van der Waals surface area contributed by atoms with Crippen LogP contribution in [0.15, 0.2) is 36.4 Å². The van der Waals surface area contributed by atoms with Crippen LogP contribution >= 0.6 is 11.6 Å². The first-order chi connectivity index (χ1) is 11.9. The van der Waals surface area contributed by atoms with E-state index in [0.29, 0.717) is 11.1 Å². The van der Waals surface area contributed by atoms with Gasteiger partial charge in [-0.1, -0.05) is 35.9 Å². The maximum absolute atomic E-state index is 13.2. The maximum Gasteiger partial charge on any atom is 0.337 e. The van der Waals surface area contributed by atoms with Crippen LogP contribution in [0.3, 0.4) is 0 Å². The molecule has 0 bridgehead atoms. The highest BCUT2D eigenvalue weighted by Crippen LogP contribution is 2.31. The third kappa shape index (κ3) is 4.25.